The van der Waals surface area contributed by atoms with Gasteiger partial charge in [-0.1, -0.05) is 73.5 Å². The fourth-order valence-electron chi connectivity index (χ4n) is 18.1. The number of carbonyl (C=O) groups is 4. The van der Waals surface area contributed by atoms with E-state index in [1.807, 2.05) is 47.9 Å². The van der Waals surface area contributed by atoms with Gasteiger partial charge in [0.1, 0.15) is 11.5 Å². The zero-order valence-electron chi connectivity index (χ0n) is 58.4. The van der Waals surface area contributed by atoms with E-state index in [0.717, 1.165) is 114 Å². The first-order chi connectivity index (χ1) is 47.7. The van der Waals surface area contributed by atoms with Gasteiger partial charge < -0.3 is 39.3 Å². The number of piperidine rings is 2. The van der Waals surface area contributed by atoms with Crippen LogP contribution in [0.1, 0.15) is 186 Å². The quantitative estimate of drug-likeness (QED) is 0.139. The molecule has 18 nitrogen and oxygen atoms in total. The SMILES string of the molecule is C[C@@H]1[C@@H](C)C/C=C/[C@@](O)(CC(=O)N2CCCCC2)[C@@H]2CC[C@H]2CN2C[C@@]3(CCCc4cc(Cl)ccc43)COc3ccc(cc32)C(=O)NS1(=O)=O.C[C@@H]1[C@@H](C)C/C=C/[C@](O)(CC(=O)N2CCCCC2)[C@@H]2CC[C@H]2CN2C[C@@]3(CCCc4cc(Cl)ccc43)COc3ccc(cc32)C(=O)NS1(=O)=O. The molecule has 2 saturated heterocycles. The predicted octanol–water partition coefficient (Wildman–Crippen LogP) is 12.0. The third-order valence-electron chi connectivity index (χ3n) is 24.8. The van der Waals surface area contributed by atoms with Crippen molar-refractivity contribution in [2.24, 2.45) is 35.5 Å². The predicted molar refractivity (Wildman–Crippen MR) is 390 cm³/mol. The molecule has 0 unspecified atom stereocenters. The smallest absolute Gasteiger partial charge is 0.264 e. The lowest BCUT2D eigenvalue weighted by molar-refractivity contribution is -0.141. The Morgan fingerprint density at radius 2 is 0.940 bits per heavy atom. The van der Waals surface area contributed by atoms with Crippen LogP contribution >= 0.6 is 23.2 Å². The zero-order valence-corrected chi connectivity index (χ0v) is 61.6. The minimum atomic E-state index is -4.02. The number of amides is 4. The minimum Gasteiger partial charge on any atom is -0.490 e. The molecule has 12 atom stereocenters. The number of ether oxygens (including phenoxy) is 2. The molecule has 6 aliphatic heterocycles. The van der Waals surface area contributed by atoms with Crippen LogP contribution in [0.4, 0.5) is 11.4 Å². The van der Waals surface area contributed by atoms with Gasteiger partial charge in [0.2, 0.25) is 31.9 Å². The fourth-order valence-corrected chi connectivity index (χ4v) is 21.1. The number of aliphatic hydroxyl groups is 2. The Hall–Kier alpha value is -6.16. The number of carbonyl (C=O) groups excluding carboxylic acids is 4. The van der Waals surface area contributed by atoms with Crippen molar-refractivity contribution in [3.63, 3.8) is 0 Å². The van der Waals surface area contributed by atoms with Crippen molar-refractivity contribution < 1.29 is 55.7 Å². The molecule has 4 aliphatic carbocycles. The summed E-state index contributed by atoms with van der Waals surface area (Å²) in [5.74, 6) is -0.974. The summed E-state index contributed by atoms with van der Waals surface area (Å²) in [5.41, 5.74) is 3.41. The van der Waals surface area contributed by atoms with E-state index in [1.54, 1.807) is 62.4 Å². The van der Waals surface area contributed by atoms with E-state index >= 15 is 0 Å². The number of halogens is 2. The molecule has 10 aliphatic rings. The summed E-state index contributed by atoms with van der Waals surface area (Å²) >= 11 is 12.9. The van der Waals surface area contributed by atoms with Crippen molar-refractivity contribution in [2.45, 2.75) is 189 Å². The van der Waals surface area contributed by atoms with Gasteiger partial charge in [-0.2, -0.15) is 0 Å². The molecule has 100 heavy (non-hydrogen) atoms. The minimum absolute atomic E-state index is 0.00484. The van der Waals surface area contributed by atoms with E-state index in [-0.39, 0.29) is 82.1 Å². The third-order valence-corrected chi connectivity index (χ3v) is 29.1. The maximum Gasteiger partial charge on any atom is 0.264 e. The van der Waals surface area contributed by atoms with Crippen molar-refractivity contribution in [2.75, 3.05) is 75.4 Å². The second-order valence-electron chi connectivity index (χ2n) is 31.3. The van der Waals surface area contributed by atoms with E-state index in [0.29, 0.717) is 100.0 Å². The van der Waals surface area contributed by atoms with Gasteiger partial charge in [0.15, 0.2) is 0 Å². The lowest BCUT2D eigenvalue weighted by Crippen LogP contribution is -2.54. The average Bonchev–Trinajstić information content (AvgIpc) is 1.30. The number of nitrogens with one attached hydrogen (secondary N) is 2. The van der Waals surface area contributed by atoms with Crippen molar-refractivity contribution in [1.29, 1.82) is 0 Å². The summed E-state index contributed by atoms with van der Waals surface area (Å²) in [6.07, 6.45) is 23.2. The molecule has 4 aromatic carbocycles. The van der Waals surface area contributed by atoms with Crippen LogP contribution in [0.5, 0.6) is 11.5 Å². The topological polar surface area (TPSA) is 232 Å². The molecule has 6 heterocycles. The van der Waals surface area contributed by atoms with Crippen LogP contribution in [-0.4, -0.2) is 148 Å². The summed E-state index contributed by atoms with van der Waals surface area (Å²) in [4.78, 5) is 62.8. The van der Waals surface area contributed by atoms with E-state index in [1.165, 1.54) is 22.3 Å². The largest absolute Gasteiger partial charge is 0.490 e. The van der Waals surface area contributed by atoms with Crippen LogP contribution in [0.2, 0.25) is 10.0 Å². The lowest BCUT2D eigenvalue weighted by atomic mass is 9.63. The molecule has 0 aromatic heterocycles. The van der Waals surface area contributed by atoms with Crippen LogP contribution in [0.25, 0.3) is 0 Å². The van der Waals surface area contributed by atoms with Gasteiger partial charge in [-0.05, 0) is 248 Å². The molecule has 4 bridgehead atoms. The van der Waals surface area contributed by atoms with Crippen LogP contribution in [-0.2, 0) is 53.3 Å². The summed E-state index contributed by atoms with van der Waals surface area (Å²) in [6.45, 7) is 13.1. The van der Waals surface area contributed by atoms with Crippen LogP contribution in [0.15, 0.2) is 97.1 Å². The maximum atomic E-state index is 13.7. The molecule has 540 valence electrons. The number of benzene rings is 4. The number of aryl methyl sites for hydroxylation is 2. The third kappa shape index (κ3) is 14.9. The number of fused-ring (bicyclic) bond motifs is 8. The highest BCUT2D eigenvalue weighted by Gasteiger charge is 2.52. The van der Waals surface area contributed by atoms with Crippen molar-refractivity contribution >= 4 is 78.3 Å². The standard InChI is InChI=1S/2C39H50ClN3O6S/c2*1-26-8-6-17-39(46,22-36(44)42-18-4-3-5-19-42)33-13-10-30(33)23-43-24-38(16-7-9-28-20-31(40)12-14-32(28)38)25-49-35-15-11-29(21-34(35)43)37(45)41-50(47,48)27(26)2/h2*6,11-12,14-15,17,20-21,26-27,30,33,46H,3-5,7-10,13,16,18-19,22-25H2,1-2H3,(H,41,45)/b2*17-6+/t26-,27+,30-,33+,38-,39+;26-,27+,30-,33+,38-,39-/m00/s1. The van der Waals surface area contributed by atoms with Crippen LogP contribution in [0, 0.1) is 35.5 Å². The number of sulfonamides is 2. The normalized spacial score (nSPS) is 33.2. The summed E-state index contributed by atoms with van der Waals surface area (Å²) in [6, 6.07) is 22.6. The zero-order chi connectivity index (χ0) is 70.5. The molecular formula is C78H100Cl2N6O12S2. The summed E-state index contributed by atoms with van der Waals surface area (Å²) in [5, 5.41) is 24.7. The number of hydrogen-bond donors (Lipinski definition) is 4. The van der Waals surface area contributed by atoms with Crippen molar-refractivity contribution in [3.05, 3.63) is 141 Å². The van der Waals surface area contributed by atoms with E-state index < -0.39 is 53.6 Å². The van der Waals surface area contributed by atoms with E-state index in [9.17, 15) is 46.2 Å². The first kappa shape index (κ1) is 72.2. The fraction of sp³-hybridized carbons (Fsp3) is 0.590. The Labute approximate surface area is 601 Å². The molecule has 14 rings (SSSR count). The Kier molecular flexibility index (Phi) is 21.1. The Morgan fingerprint density at radius 3 is 1.32 bits per heavy atom. The second-order valence-corrected chi connectivity index (χ2v) is 36.2. The van der Waals surface area contributed by atoms with Gasteiger partial charge in [0.25, 0.3) is 11.8 Å². The highest BCUT2D eigenvalue weighted by molar-refractivity contribution is 7.91. The molecule has 4 fully saturated rings. The highest BCUT2D eigenvalue weighted by Crippen LogP contribution is 2.52. The molecule has 4 N–H and O–H groups in total. The molecule has 4 amide bonds. The molecule has 0 radical (unpaired) electrons. The number of likely N-dealkylation sites (tertiary alicyclic amines) is 2. The van der Waals surface area contributed by atoms with Gasteiger partial charge in [-0.25, -0.2) is 26.3 Å². The number of nitrogens with zero attached hydrogens (tertiary/aromatic N) is 4. The monoisotopic (exact) mass is 1450 g/mol. The number of rotatable bonds is 4. The van der Waals surface area contributed by atoms with Gasteiger partial charge in [-0.3, -0.25) is 19.2 Å². The highest BCUT2D eigenvalue weighted by atomic mass is 35.5. The van der Waals surface area contributed by atoms with Gasteiger partial charge >= 0.3 is 0 Å². The van der Waals surface area contributed by atoms with E-state index in [2.05, 4.69) is 43.5 Å². The molecule has 4 aromatic rings. The molecule has 2 spiro atoms. The average molecular weight is 1450 g/mol. The van der Waals surface area contributed by atoms with Crippen molar-refractivity contribution in [3.8, 4) is 11.5 Å². The van der Waals surface area contributed by atoms with Crippen LogP contribution < -0.4 is 28.7 Å². The first-order valence-electron chi connectivity index (χ1n) is 36.8. The summed E-state index contributed by atoms with van der Waals surface area (Å²) in [7, 11) is -8.04. The van der Waals surface area contributed by atoms with Crippen molar-refractivity contribution in [1.82, 2.24) is 19.2 Å². The lowest BCUT2D eigenvalue weighted by Gasteiger charge is -2.49. The van der Waals surface area contributed by atoms with Gasteiger partial charge in [0.05, 0.1) is 59.1 Å². The summed E-state index contributed by atoms with van der Waals surface area (Å²) < 4.78 is 71.7. The van der Waals surface area contributed by atoms with E-state index in [4.69, 9.17) is 32.7 Å². The number of hydrogen-bond acceptors (Lipinski definition) is 14. The Bertz CT molecular complexity index is 3810. The van der Waals surface area contributed by atoms with Gasteiger partial charge in [0, 0.05) is 84.4 Å². The molecule has 2 saturated carbocycles. The van der Waals surface area contributed by atoms with Crippen LogP contribution in [0.3, 0.4) is 0 Å². The van der Waals surface area contributed by atoms with Gasteiger partial charge in [-0.15, -0.1) is 0 Å². The second kappa shape index (κ2) is 29.2. The first-order valence-corrected chi connectivity index (χ1v) is 40.7. The Morgan fingerprint density at radius 1 is 0.540 bits per heavy atom. The maximum absolute atomic E-state index is 13.7. The number of anilines is 2. The number of allylic oxidation sites excluding steroid dienone is 2. The molecular weight excluding hydrogens is 1350 g/mol. The Balaban J connectivity index is 0.000000179. The molecule has 22 heteroatoms.